The summed E-state index contributed by atoms with van der Waals surface area (Å²) in [4.78, 5) is 0.0437. The highest BCUT2D eigenvalue weighted by molar-refractivity contribution is 7.92. The van der Waals surface area contributed by atoms with Crippen LogP contribution in [-0.2, 0) is 19.9 Å². The fraction of sp³-hybridized carbons (Fsp3) is 0.750. The number of nitrogens with zero attached hydrogens (tertiary/aromatic N) is 2. The van der Waals surface area contributed by atoms with Crippen molar-refractivity contribution in [2.45, 2.75) is 37.8 Å². The smallest absolute Gasteiger partial charge is 0.248 e. The van der Waals surface area contributed by atoms with Crippen LogP contribution < -0.4 is 0 Å². The van der Waals surface area contributed by atoms with Gasteiger partial charge in [-0.2, -0.15) is 4.31 Å². The zero-order chi connectivity index (χ0) is 16.0. The number of rotatable bonds is 5. The van der Waals surface area contributed by atoms with Crippen molar-refractivity contribution in [2.75, 3.05) is 18.8 Å². The average Bonchev–Trinajstić information content (AvgIpc) is 2.52. The summed E-state index contributed by atoms with van der Waals surface area (Å²) in [6.45, 7) is 6.74. The molecule has 1 aromatic heterocycles. The summed E-state index contributed by atoms with van der Waals surface area (Å²) in [5.41, 5.74) is 0.293. The van der Waals surface area contributed by atoms with Gasteiger partial charge in [0.05, 0.1) is 11.0 Å². The second-order valence-electron chi connectivity index (χ2n) is 5.82. The van der Waals surface area contributed by atoms with Crippen molar-refractivity contribution in [3.8, 4) is 0 Å². The molecule has 2 rings (SSSR count). The minimum atomic E-state index is -3.73. The maximum Gasteiger partial charge on any atom is 0.248 e. The van der Waals surface area contributed by atoms with Crippen molar-refractivity contribution < 1.29 is 21.4 Å². The van der Waals surface area contributed by atoms with E-state index in [-0.39, 0.29) is 35.4 Å². The van der Waals surface area contributed by atoms with Crippen molar-refractivity contribution in [3.63, 3.8) is 0 Å². The number of sulfonamides is 1. The first-order chi connectivity index (χ1) is 9.55. The number of sulfone groups is 1. The number of aromatic nitrogens is 1. The zero-order valence-corrected chi connectivity index (χ0v) is 14.2. The first-order valence-electron chi connectivity index (χ1n) is 6.70. The molecular formula is C12H20N2O5S2. The molecule has 0 N–H and O–H groups in total. The third kappa shape index (κ3) is 3.00. The van der Waals surface area contributed by atoms with E-state index in [0.29, 0.717) is 5.69 Å². The van der Waals surface area contributed by atoms with Gasteiger partial charge in [-0.3, -0.25) is 0 Å². The quantitative estimate of drug-likeness (QED) is 0.786. The molecule has 7 nitrogen and oxygen atoms in total. The van der Waals surface area contributed by atoms with Crippen molar-refractivity contribution in [1.29, 1.82) is 0 Å². The Morgan fingerprint density at radius 3 is 2.24 bits per heavy atom. The van der Waals surface area contributed by atoms with Crippen molar-refractivity contribution in [2.24, 2.45) is 5.92 Å². The molecule has 0 radical (unpaired) electrons. The van der Waals surface area contributed by atoms with Gasteiger partial charge in [-0.15, -0.1) is 0 Å². The summed E-state index contributed by atoms with van der Waals surface area (Å²) in [5.74, 6) is 0.334. The Kier molecular flexibility index (Phi) is 4.20. The van der Waals surface area contributed by atoms with E-state index in [1.165, 1.54) is 11.2 Å². The minimum Gasteiger partial charge on any atom is -0.360 e. The van der Waals surface area contributed by atoms with Crippen LogP contribution in [0, 0.1) is 19.8 Å². The van der Waals surface area contributed by atoms with Crippen LogP contribution in [0.25, 0.3) is 0 Å². The van der Waals surface area contributed by atoms with E-state index in [9.17, 15) is 16.8 Å². The largest absolute Gasteiger partial charge is 0.360 e. The molecule has 1 saturated heterocycles. The minimum absolute atomic E-state index is 0.00144. The zero-order valence-electron chi connectivity index (χ0n) is 12.5. The topological polar surface area (TPSA) is 97.6 Å². The second-order valence-corrected chi connectivity index (χ2v) is 10.0. The molecule has 0 unspecified atom stereocenters. The van der Waals surface area contributed by atoms with Gasteiger partial charge in [-0.1, -0.05) is 19.0 Å². The van der Waals surface area contributed by atoms with Crippen LogP contribution in [0.1, 0.15) is 25.3 Å². The predicted octanol–water partition coefficient (Wildman–Crippen LogP) is 0.735. The van der Waals surface area contributed by atoms with Crippen molar-refractivity contribution in [1.82, 2.24) is 9.46 Å². The Morgan fingerprint density at radius 1 is 1.24 bits per heavy atom. The molecule has 1 aliphatic heterocycles. The Bertz CT molecular complexity index is 708. The maximum absolute atomic E-state index is 12.4. The first kappa shape index (κ1) is 16.4. The van der Waals surface area contributed by atoms with E-state index < -0.39 is 25.1 Å². The molecule has 9 heteroatoms. The molecule has 0 atom stereocenters. The van der Waals surface area contributed by atoms with Gasteiger partial charge >= 0.3 is 0 Å². The molecule has 1 fully saturated rings. The van der Waals surface area contributed by atoms with Crippen molar-refractivity contribution >= 4 is 19.9 Å². The van der Waals surface area contributed by atoms with Crippen LogP contribution >= 0.6 is 0 Å². The lowest BCUT2D eigenvalue weighted by Gasteiger charge is -2.37. The maximum atomic E-state index is 12.4. The fourth-order valence-electron chi connectivity index (χ4n) is 2.40. The standard InChI is InChI=1S/C12H20N2O5S2/c1-8(2)7-20(15,16)11-5-14(6-11)21(17,18)12-9(3)13-19-10(12)4/h8,11H,5-7H2,1-4H3. The normalized spacial score (nSPS) is 18.1. The number of hydrogen-bond acceptors (Lipinski definition) is 6. The highest BCUT2D eigenvalue weighted by atomic mass is 32.2. The molecular weight excluding hydrogens is 316 g/mol. The monoisotopic (exact) mass is 336 g/mol. The van der Waals surface area contributed by atoms with E-state index in [1.54, 1.807) is 6.92 Å². The Morgan fingerprint density at radius 2 is 1.81 bits per heavy atom. The van der Waals surface area contributed by atoms with Gasteiger partial charge < -0.3 is 4.52 Å². The van der Waals surface area contributed by atoms with E-state index in [1.807, 2.05) is 13.8 Å². The van der Waals surface area contributed by atoms with Crippen LogP contribution in [-0.4, -0.2) is 50.4 Å². The van der Waals surface area contributed by atoms with Crippen LogP contribution in [0.15, 0.2) is 9.42 Å². The molecule has 0 saturated carbocycles. The van der Waals surface area contributed by atoms with Crippen LogP contribution in [0.3, 0.4) is 0 Å². The van der Waals surface area contributed by atoms with Crippen molar-refractivity contribution in [3.05, 3.63) is 11.5 Å². The van der Waals surface area contributed by atoms with Gasteiger partial charge in [0.15, 0.2) is 15.6 Å². The highest BCUT2D eigenvalue weighted by Crippen LogP contribution is 2.29. The second kappa shape index (κ2) is 5.36. The molecule has 120 valence electrons. The summed E-state index contributed by atoms with van der Waals surface area (Å²) in [6, 6.07) is 0. The summed E-state index contributed by atoms with van der Waals surface area (Å²) in [7, 11) is -6.98. The van der Waals surface area contributed by atoms with Gasteiger partial charge in [0, 0.05) is 13.1 Å². The van der Waals surface area contributed by atoms with E-state index in [0.717, 1.165) is 0 Å². The van der Waals surface area contributed by atoms with Gasteiger partial charge in [-0.05, 0) is 19.8 Å². The van der Waals surface area contributed by atoms with E-state index >= 15 is 0 Å². The lowest BCUT2D eigenvalue weighted by atomic mass is 10.3. The Labute approximate surface area is 125 Å². The molecule has 1 aliphatic rings. The molecule has 2 heterocycles. The molecule has 1 aromatic rings. The number of aryl methyl sites for hydroxylation is 2. The van der Waals surface area contributed by atoms with Gasteiger partial charge in [-0.25, -0.2) is 16.8 Å². The lowest BCUT2D eigenvalue weighted by molar-refractivity contribution is 0.308. The Hall–Kier alpha value is -0.930. The van der Waals surface area contributed by atoms with Gasteiger partial charge in [0.25, 0.3) is 0 Å². The molecule has 21 heavy (non-hydrogen) atoms. The molecule has 0 bridgehead atoms. The SMILES string of the molecule is Cc1noc(C)c1S(=O)(=O)N1CC(S(=O)(=O)CC(C)C)C1. The molecule has 0 spiro atoms. The van der Waals surface area contributed by atoms with Crippen LogP contribution in [0.2, 0.25) is 0 Å². The third-order valence-electron chi connectivity index (χ3n) is 3.45. The first-order valence-corrected chi connectivity index (χ1v) is 9.86. The summed E-state index contributed by atoms with van der Waals surface area (Å²) in [5, 5.41) is 3.02. The molecule has 0 aliphatic carbocycles. The summed E-state index contributed by atoms with van der Waals surface area (Å²) < 4.78 is 55.1. The predicted molar refractivity (Wildman–Crippen MR) is 77.1 cm³/mol. The van der Waals surface area contributed by atoms with E-state index in [4.69, 9.17) is 4.52 Å². The molecule has 0 amide bonds. The van der Waals surface area contributed by atoms with Crippen LogP contribution in [0.4, 0.5) is 0 Å². The lowest BCUT2D eigenvalue weighted by Crippen LogP contribution is -2.57. The Balaban J connectivity index is 2.15. The summed E-state index contributed by atoms with van der Waals surface area (Å²) in [6.07, 6.45) is 0. The van der Waals surface area contributed by atoms with E-state index in [2.05, 4.69) is 5.16 Å². The summed E-state index contributed by atoms with van der Waals surface area (Å²) >= 11 is 0. The van der Waals surface area contributed by atoms with Gasteiger partial charge in [0.1, 0.15) is 10.6 Å². The molecule has 0 aromatic carbocycles. The number of hydrogen-bond donors (Lipinski definition) is 0. The van der Waals surface area contributed by atoms with Crippen LogP contribution in [0.5, 0.6) is 0 Å². The van der Waals surface area contributed by atoms with Gasteiger partial charge in [0.2, 0.25) is 10.0 Å². The average molecular weight is 336 g/mol. The fourth-order valence-corrected chi connectivity index (χ4v) is 6.42. The highest BCUT2D eigenvalue weighted by Gasteiger charge is 2.45. The third-order valence-corrected chi connectivity index (χ3v) is 7.98.